The molecule has 0 saturated heterocycles. The second kappa shape index (κ2) is 9.19. The van der Waals surface area contributed by atoms with E-state index in [4.69, 9.17) is 4.74 Å². The van der Waals surface area contributed by atoms with Crippen molar-refractivity contribution >= 4 is 51.8 Å². The zero-order valence-electron chi connectivity index (χ0n) is 19.6. The van der Waals surface area contributed by atoms with Crippen LogP contribution in [0.5, 0.6) is 0 Å². The molecule has 0 spiro atoms. The minimum absolute atomic E-state index is 0.0222. The van der Waals surface area contributed by atoms with E-state index in [0.29, 0.717) is 6.42 Å². The predicted molar refractivity (Wildman–Crippen MR) is 129 cm³/mol. The van der Waals surface area contributed by atoms with Crippen LogP contribution in [0.1, 0.15) is 47.2 Å². The van der Waals surface area contributed by atoms with Crippen LogP contribution in [-0.2, 0) is 21.9 Å². The number of halogens is 6. The van der Waals surface area contributed by atoms with Crippen molar-refractivity contribution in [1.82, 2.24) is 19.9 Å². The van der Waals surface area contributed by atoms with Crippen LogP contribution in [0.2, 0.25) is 0 Å². The number of hydrogen-bond donors (Lipinski definition) is 2. The standard InChI is InChI=1S/C26H18F6N4O2/c1-2-9-38-24(37)17-12-16-11-15-4-7-19(34-15)21(25(27,28)29)18-6-3-13(33-18)10-14-5-8-20(35-14)22(23(17)36-16)26(30,31)32/h3-8,10-12,33-34H,2,9H2,1H3. The Hall–Kier alpha value is -4.35. The molecule has 38 heavy (non-hydrogen) atoms. The fraction of sp³-hybridized carbons (Fsp3) is 0.192. The van der Waals surface area contributed by atoms with Gasteiger partial charge in [0.05, 0.1) is 46.0 Å². The van der Waals surface area contributed by atoms with E-state index in [-0.39, 0.29) is 40.1 Å². The molecule has 5 heterocycles. The van der Waals surface area contributed by atoms with Crippen molar-refractivity contribution < 1.29 is 35.9 Å². The summed E-state index contributed by atoms with van der Waals surface area (Å²) in [5, 5.41) is 0. The van der Waals surface area contributed by atoms with Gasteiger partial charge in [-0.15, -0.1) is 0 Å². The number of fused-ring (bicyclic) bond motifs is 8. The van der Waals surface area contributed by atoms with Crippen LogP contribution in [0, 0.1) is 0 Å². The number of hydrogen-bond acceptors (Lipinski definition) is 4. The molecule has 2 aliphatic heterocycles. The van der Waals surface area contributed by atoms with E-state index >= 15 is 0 Å². The molecule has 8 bridgehead atoms. The second-order valence-corrected chi connectivity index (χ2v) is 8.52. The number of ether oxygens (including phenoxy) is 1. The first kappa shape index (κ1) is 25.3. The lowest BCUT2D eigenvalue weighted by Gasteiger charge is -2.11. The van der Waals surface area contributed by atoms with Gasteiger partial charge in [-0.05, 0) is 61.0 Å². The lowest BCUT2D eigenvalue weighted by molar-refractivity contribution is -0.139. The summed E-state index contributed by atoms with van der Waals surface area (Å²) in [4.78, 5) is 26.1. The number of carbonyl (C=O) groups excluding carboxylic acids is 1. The molecule has 0 radical (unpaired) electrons. The molecule has 2 aliphatic rings. The van der Waals surface area contributed by atoms with Crippen molar-refractivity contribution in [2.45, 2.75) is 25.7 Å². The van der Waals surface area contributed by atoms with Crippen molar-refractivity contribution in [1.29, 1.82) is 0 Å². The van der Waals surface area contributed by atoms with Gasteiger partial charge < -0.3 is 14.7 Å². The third-order valence-corrected chi connectivity index (χ3v) is 5.73. The number of alkyl halides is 6. The van der Waals surface area contributed by atoms with Crippen molar-refractivity contribution in [3.05, 3.63) is 70.3 Å². The second-order valence-electron chi connectivity index (χ2n) is 8.52. The molecule has 3 aromatic heterocycles. The van der Waals surface area contributed by atoms with E-state index in [9.17, 15) is 31.1 Å². The van der Waals surface area contributed by atoms with Gasteiger partial charge >= 0.3 is 18.3 Å². The average Bonchev–Trinajstić information content (AvgIpc) is 3.60. The quantitative estimate of drug-likeness (QED) is 0.220. The van der Waals surface area contributed by atoms with Gasteiger partial charge in [0.2, 0.25) is 0 Å². The summed E-state index contributed by atoms with van der Waals surface area (Å²) >= 11 is 0. The number of aromatic nitrogens is 4. The monoisotopic (exact) mass is 532 g/mol. The smallest absolute Gasteiger partial charge is 0.420 e. The minimum Gasteiger partial charge on any atom is -0.462 e. The molecule has 0 atom stereocenters. The number of H-pyrrole nitrogens is 2. The number of nitrogens with zero attached hydrogens (tertiary/aromatic N) is 2. The van der Waals surface area contributed by atoms with E-state index < -0.39 is 46.4 Å². The SMILES string of the molecule is CCCOC(=O)C1=Cc2cc3ccc([nH]3)c(C(F)(F)F)c3ccc(cc4nc(c(C(F)(F)F)c1n2)C=C4)[nH]3. The number of rotatable bonds is 3. The van der Waals surface area contributed by atoms with Crippen LogP contribution in [0.25, 0.3) is 45.9 Å². The van der Waals surface area contributed by atoms with E-state index in [0.717, 1.165) is 12.2 Å². The van der Waals surface area contributed by atoms with E-state index in [1.807, 2.05) is 0 Å². The molecule has 2 N–H and O–H groups in total. The lowest BCUT2D eigenvalue weighted by Crippen LogP contribution is -2.15. The Morgan fingerprint density at radius 2 is 1.45 bits per heavy atom. The fourth-order valence-electron chi connectivity index (χ4n) is 4.18. The van der Waals surface area contributed by atoms with Crippen LogP contribution in [-0.4, -0.2) is 32.5 Å². The summed E-state index contributed by atoms with van der Waals surface area (Å²) in [6, 6.07) is 7.69. The van der Waals surface area contributed by atoms with E-state index in [1.54, 1.807) is 6.92 Å². The lowest BCUT2D eigenvalue weighted by atomic mass is 10.1. The molecular formula is C26H18F6N4O2. The number of nitrogens with one attached hydrogen (secondary N) is 2. The van der Waals surface area contributed by atoms with Crippen molar-refractivity contribution in [2.75, 3.05) is 6.61 Å². The maximum Gasteiger partial charge on any atom is 0.420 e. The van der Waals surface area contributed by atoms with Crippen LogP contribution in [0.4, 0.5) is 26.3 Å². The van der Waals surface area contributed by atoms with E-state index in [1.165, 1.54) is 42.5 Å². The highest BCUT2D eigenvalue weighted by Crippen LogP contribution is 2.40. The Morgan fingerprint density at radius 1 is 0.842 bits per heavy atom. The topological polar surface area (TPSA) is 83.7 Å². The van der Waals surface area contributed by atoms with Gasteiger partial charge in [0, 0.05) is 11.0 Å². The van der Waals surface area contributed by atoms with Crippen LogP contribution < -0.4 is 0 Å². The number of carbonyl (C=O) groups is 1. The van der Waals surface area contributed by atoms with Gasteiger partial charge in [-0.1, -0.05) is 6.92 Å². The maximum absolute atomic E-state index is 14.4. The molecule has 6 nitrogen and oxygen atoms in total. The third kappa shape index (κ3) is 4.81. The van der Waals surface area contributed by atoms with Crippen LogP contribution >= 0.6 is 0 Å². The molecule has 0 fully saturated rings. The van der Waals surface area contributed by atoms with Gasteiger partial charge in [-0.2, -0.15) is 26.3 Å². The third-order valence-electron chi connectivity index (χ3n) is 5.73. The van der Waals surface area contributed by atoms with Gasteiger partial charge in [0.25, 0.3) is 0 Å². The Kier molecular flexibility index (Phi) is 6.12. The Morgan fingerprint density at radius 3 is 2.03 bits per heavy atom. The zero-order chi connectivity index (χ0) is 27.2. The summed E-state index contributed by atoms with van der Waals surface area (Å²) in [7, 11) is 0. The van der Waals surface area contributed by atoms with Gasteiger partial charge in [0.1, 0.15) is 11.1 Å². The number of aromatic amines is 2. The minimum atomic E-state index is -4.95. The van der Waals surface area contributed by atoms with Gasteiger partial charge in [-0.25, -0.2) is 14.8 Å². The molecule has 0 aromatic carbocycles. The Balaban J connectivity index is 1.91. The summed E-state index contributed by atoms with van der Waals surface area (Å²) < 4.78 is 90.3. The Labute approximate surface area is 210 Å². The molecule has 0 amide bonds. The molecule has 3 aromatic rings. The highest BCUT2D eigenvalue weighted by atomic mass is 19.4. The van der Waals surface area contributed by atoms with Gasteiger partial charge in [-0.3, -0.25) is 0 Å². The van der Waals surface area contributed by atoms with Crippen molar-refractivity contribution in [2.24, 2.45) is 0 Å². The van der Waals surface area contributed by atoms with Crippen LogP contribution in [0.15, 0.2) is 36.4 Å². The molecule has 0 aliphatic carbocycles. The molecular weight excluding hydrogens is 514 g/mol. The van der Waals surface area contributed by atoms with E-state index in [2.05, 4.69) is 19.9 Å². The zero-order valence-corrected chi connectivity index (χ0v) is 19.6. The highest BCUT2D eigenvalue weighted by molar-refractivity contribution is 6.22. The summed E-state index contributed by atoms with van der Waals surface area (Å²) in [5.74, 6) is -1.01. The van der Waals surface area contributed by atoms with Crippen molar-refractivity contribution in [3.8, 4) is 0 Å². The average molecular weight is 532 g/mol. The summed E-state index contributed by atoms with van der Waals surface area (Å²) in [6.45, 7) is 1.70. The normalized spacial score (nSPS) is 13.5. The largest absolute Gasteiger partial charge is 0.462 e. The predicted octanol–water partition coefficient (Wildman–Crippen LogP) is 7.02. The first-order valence-electron chi connectivity index (χ1n) is 11.4. The summed E-state index contributed by atoms with van der Waals surface area (Å²) in [6.07, 6.45) is -5.73. The number of esters is 1. The van der Waals surface area contributed by atoms with Gasteiger partial charge in [0.15, 0.2) is 0 Å². The van der Waals surface area contributed by atoms with Crippen LogP contribution in [0.3, 0.4) is 0 Å². The molecule has 12 heteroatoms. The maximum atomic E-state index is 14.4. The van der Waals surface area contributed by atoms with Crippen molar-refractivity contribution in [3.63, 3.8) is 0 Å². The molecule has 0 saturated carbocycles. The molecule has 196 valence electrons. The first-order chi connectivity index (χ1) is 17.9. The Bertz CT molecular complexity index is 1660. The summed E-state index contributed by atoms with van der Waals surface area (Å²) in [5.41, 5.74) is -4.02. The molecule has 0 unspecified atom stereocenters. The molecule has 5 rings (SSSR count). The highest BCUT2D eigenvalue weighted by Gasteiger charge is 2.40. The fourth-order valence-corrected chi connectivity index (χ4v) is 4.18. The first-order valence-corrected chi connectivity index (χ1v) is 11.4.